The van der Waals surface area contributed by atoms with Gasteiger partial charge in [0.2, 0.25) is 5.91 Å². The maximum absolute atomic E-state index is 11.4. The van der Waals surface area contributed by atoms with Crippen LogP contribution >= 0.6 is 35.4 Å². The van der Waals surface area contributed by atoms with Crippen LogP contribution in [0.2, 0.25) is 10.0 Å². The Balaban J connectivity index is 1.49. The molecule has 0 aromatic heterocycles. The predicted molar refractivity (Wildman–Crippen MR) is 125 cm³/mol. The molecule has 1 aliphatic heterocycles. The van der Waals surface area contributed by atoms with Gasteiger partial charge in [0.1, 0.15) is 0 Å². The number of likely N-dealkylation sites (tertiary alicyclic amines) is 1. The maximum atomic E-state index is 11.4. The molecule has 5 nitrogen and oxygen atoms in total. The molecule has 2 aromatic rings. The quantitative estimate of drug-likeness (QED) is 0.565. The molecule has 29 heavy (non-hydrogen) atoms. The van der Waals surface area contributed by atoms with Crippen molar-refractivity contribution >= 4 is 57.8 Å². The summed E-state index contributed by atoms with van der Waals surface area (Å²) in [5, 5.41) is 11.7. The van der Waals surface area contributed by atoms with E-state index in [0.717, 1.165) is 48.0 Å². The van der Waals surface area contributed by atoms with Crippen LogP contribution in [0.25, 0.3) is 0 Å². The van der Waals surface area contributed by atoms with Crippen LogP contribution in [0.3, 0.4) is 0 Å². The minimum Gasteiger partial charge on any atom is -0.380 e. The van der Waals surface area contributed by atoms with Gasteiger partial charge in [-0.25, -0.2) is 0 Å². The van der Waals surface area contributed by atoms with Gasteiger partial charge in [-0.1, -0.05) is 41.4 Å². The average Bonchev–Trinajstić information content (AvgIpc) is 2.69. The van der Waals surface area contributed by atoms with Crippen molar-refractivity contribution in [2.75, 3.05) is 23.7 Å². The van der Waals surface area contributed by atoms with Gasteiger partial charge in [-0.15, -0.1) is 0 Å². The molecule has 1 fully saturated rings. The van der Waals surface area contributed by atoms with Crippen molar-refractivity contribution in [1.29, 1.82) is 0 Å². The van der Waals surface area contributed by atoms with Crippen LogP contribution in [-0.2, 0) is 11.3 Å². The number of rotatable bonds is 5. The molecule has 0 atom stereocenters. The molecule has 0 spiro atoms. The molecule has 0 unspecified atom stereocenters. The third-order valence-electron chi connectivity index (χ3n) is 4.82. The summed E-state index contributed by atoms with van der Waals surface area (Å²) in [7, 11) is 0. The van der Waals surface area contributed by atoms with E-state index in [-0.39, 0.29) is 5.91 Å². The Bertz CT molecular complexity index is 885. The van der Waals surface area contributed by atoms with Gasteiger partial charge in [-0.3, -0.25) is 4.79 Å². The van der Waals surface area contributed by atoms with E-state index in [1.807, 2.05) is 36.4 Å². The zero-order valence-corrected chi connectivity index (χ0v) is 18.5. The molecule has 0 bridgehead atoms. The highest BCUT2D eigenvalue weighted by atomic mass is 35.5. The molecule has 0 saturated carbocycles. The van der Waals surface area contributed by atoms with E-state index in [2.05, 4.69) is 20.9 Å². The topological polar surface area (TPSA) is 56.4 Å². The van der Waals surface area contributed by atoms with Gasteiger partial charge in [-0.2, -0.15) is 0 Å². The molecule has 154 valence electrons. The summed E-state index contributed by atoms with van der Waals surface area (Å²) in [5.41, 5.74) is 2.71. The highest BCUT2D eigenvalue weighted by Crippen LogP contribution is 2.25. The zero-order valence-electron chi connectivity index (χ0n) is 16.2. The SMILES string of the molecule is CC(=O)Nc1ccccc1NC1CCN(C(=S)NCc2ccc(Cl)cc2Cl)CC1. The van der Waals surface area contributed by atoms with Gasteiger partial charge in [0.15, 0.2) is 5.11 Å². The van der Waals surface area contributed by atoms with Crippen molar-refractivity contribution in [2.24, 2.45) is 0 Å². The second-order valence-corrected chi connectivity index (χ2v) is 8.26. The highest BCUT2D eigenvalue weighted by Gasteiger charge is 2.21. The second kappa shape index (κ2) is 10.1. The first-order valence-corrected chi connectivity index (χ1v) is 10.7. The van der Waals surface area contributed by atoms with E-state index in [0.29, 0.717) is 22.6 Å². The van der Waals surface area contributed by atoms with Crippen LogP contribution in [0.1, 0.15) is 25.3 Å². The molecule has 1 amide bonds. The van der Waals surface area contributed by atoms with Gasteiger partial charge in [0.25, 0.3) is 0 Å². The van der Waals surface area contributed by atoms with E-state index < -0.39 is 0 Å². The smallest absolute Gasteiger partial charge is 0.221 e. The van der Waals surface area contributed by atoms with Crippen LogP contribution < -0.4 is 16.0 Å². The molecule has 1 heterocycles. The molecule has 2 aromatic carbocycles. The third-order valence-corrected chi connectivity index (χ3v) is 5.81. The molecular weight excluding hydrogens is 427 g/mol. The van der Waals surface area contributed by atoms with Crippen LogP contribution in [0.15, 0.2) is 42.5 Å². The van der Waals surface area contributed by atoms with E-state index in [1.54, 1.807) is 6.07 Å². The summed E-state index contributed by atoms with van der Waals surface area (Å²) in [6.45, 7) is 3.80. The number of amides is 1. The molecular formula is C21H24Cl2N4OS. The first-order chi connectivity index (χ1) is 13.9. The molecule has 1 saturated heterocycles. The largest absolute Gasteiger partial charge is 0.380 e. The number of hydrogen-bond donors (Lipinski definition) is 3. The van der Waals surface area contributed by atoms with E-state index >= 15 is 0 Å². The second-order valence-electron chi connectivity index (χ2n) is 7.03. The summed E-state index contributed by atoms with van der Waals surface area (Å²) < 4.78 is 0. The highest BCUT2D eigenvalue weighted by molar-refractivity contribution is 7.80. The van der Waals surface area contributed by atoms with Crippen molar-refractivity contribution in [3.63, 3.8) is 0 Å². The Labute approximate surface area is 186 Å². The third kappa shape index (κ3) is 6.23. The fourth-order valence-corrected chi connectivity index (χ4v) is 4.03. The number of thiocarbonyl (C=S) groups is 1. The normalized spacial score (nSPS) is 14.4. The predicted octanol–water partition coefficient (Wildman–Crippen LogP) is 4.90. The summed E-state index contributed by atoms with van der Waals surface area (Å²) >= 11 is 17.7. The van der Waals surface area contributed by atoms with E-state index in [1.165, 1.54) is 6.92 Å². The Morgan fingerprint density at radius 2 is 1.83 bits per heavy atom. The van der Waals surface area contributed by atoms with Crippen molar-refractivity contribution < 1.29 is 4.79 Å². The first kappa shape index (κ1) is 21.7. The Morgan fingerprint density at radius 1 is 1.14 bits per heavy atom. The number of benzene rings is 2. The lowest BCUT2D eigenvalue weighted by Crippen LogP contribution is -2.46. The van der Waals surface area contributed by atoms with Crippen molar-refractivity contribution in [1.82, 2.24) is 10.2 Å². The van der Waals surface area contributed by atoms with Crippen molar-refractivity contribution in [3.8, 4) is 0 Å². The summed E-state index contributed by atoms with van der Waals surface area (Å²) in [6.07, 6.45) is 1.91. The summed E-state index contributed by atoms with van der Waals surface area (Å²) in [5.74, 6) is -0.0775. The number of carbonyl (C=O) groups is 1. The van der Waals surface area contributed by atoms with Gasteiger partial charge in [0.05, 0.1) is 11.4 Å². The monoisotopic (exact) mass is 450 g/mol. The van der Waals surface area contributed by atoms with Crippen LogP contribution in [0.5, 0.6) is 0 Å². The summed E-state index contributed by atoms with van der Waals surface area (Å²) in [4.78, 5) is 13.6. The lowest BCUT2D eigenvalue weighted by Gasteiger charge is -2.35. The number of anilines is 2. The number of para-hydroxylation sites is 2. The number of carbonyl (C=O) groups excluding carboxylic acids is 1. The van der Waals surface area contributed by atoms with Crippen molar-refractivity contribution in [2.45, 2.75) is 32.4 Å². The zero-order chi connectivity index (χ0) is 20.8. The molecule has 0 aliphatic carbocycles. The van der Waals surface area contributed by atoms with Gasteiger partial charge in [-0.05, 0) is 54.9 Å². The first-order valence-electron chi connectivity index (χ1n) is 9.52. The number of piperidine rings is 1. The summed E-state index contributed by atoms with van der Waals surface area (Å²) in [6, 6.07) is 13.6. The lowest BCUT2D eigenvalue weighted by molar-refractivity contribution is -0.114. The number of nitrogens with zero attached hydrogens (tertiary/aromatic N) is 1. The van der Waals surface area contributed by atoms with Gasteiger partial charge < -0.3 is 20.9 Å². The van der Waals surface area contributed by atoms with Gasteiger partial charge in [0, 0.05) is 42.6 Å². The van der Waals surface area contributed by atoms with E-state index in [9.17, 15) is 4.79 Å². The molecule has 3 N–H and O–H groups in total. The minimum atomic E-state index is -0.0775. The van der Waals surface area contributed by atoms with Crippen LogP contribution in [0.4, 0.5) is 11.4 Å². The fourth-order valence-electron chi connectivity index (χ4n) is 3.30. The maximum Gasteiger partial charge on any atom is 0.221 e. The Kier molecular flexibility index (Phi) is 7.58. The van der Waals surface area contributed by atoms with Gasteiger partial charge >= 0.3 is 0 Å². The number of nitrogens with one attached hydrogen (secondary N) is 3. The Morgan fingerprint density at radius 3 is 2.48 bits per heavy atom. The average molecular weight is 451 g/mol. The number of hydrogen-bond acceptors (Lipinski definition) is 3. The van der Waals surface area contributed by atoms with Crippen molar-refractivity contribution in [3.05, 3.63) is 58.1 Å². The fraction of sp³-hybridized carbons (Fsp3) is 0.333. The molecule has 8 heteroatoms. The molecule has 3 rings (SSSR count). The number of halogens is 2. The lowest BCUT2D eigenvalue weighted by atomic mass is 10.0. The van der Waals surface area contributed by atoms with E-state index in [4.69, 9.17) is 35.4 Å². The van der Waals surface area contributed by atoms with Crippen LogP contribution in [0, 0.1) is 0 Å². The molecule has 1 aliphatic rings. The van der Waals surface area contributed by atoms with Crippen LogP contribution in [-0.4, -0.2) is 35.1 Å². The Hall–Kier alpha value is -2.02. The standard InChI is InChI=1S/C21H24Cl2N4OS/c1-14(28)25-19-4-2-3-5-20(19)26-17-8-10-27(11-9-17)21(29)24-13-15-6-7-16(22)12-18(15)23/h2-7,12,17,26H,8-11,13H2,1H3,(H,24,29)(H,25,28). The molecule has 0 radical (unpaired) electrons. The minimum absolute atomic E-state index is 0.0775.